The van der Waals surface area contributed by atoms with E-state index >= 15 is 0 Å². The number of hydrogen-bond donors (Lipinski definition) is 1. The first-order valence-electron chi connectivity index (χ1n) is 6.77. The Hall–Kier alpha value is -1.72. The Labute approximate surface area is 124 Å². The maximum atomic E-state index is 13.1. The van der Waals surface area contributed by atoms with E-state index in [0.717, 1.165) is 11.6 Å². The first-order valence-corrected chi connectivity index (χ1v) is 8.26. The van der Waals surface area contributed by atoms with Crippen LogP contribution in [0.3, 0.4) is 0 Å². The minimum absolute atomic E-state index is 0.110. The number of halogens is 1. The highest BCUT2D eigenvalue weighted by Crippen LogP contribution is 2.22. The van der Waals surface area contributed by atoms with Crippen molar-refractivity contribution >= 4 is 10.0 Å². The van der Waals surface area contributed by atoms with E-state index in [1.807, 2.05) is 37.3 Å². The zero-order valence-electron chi connectivity index (χ0n) is 12.0. The maximum absolute atomic E-state index is 13.1. The van der Waals surface area contributed by atoms with E-state index in [9.17, 15) is 12.8 Å². The molecule has 0 amide bonds. The van der Waals surface area contributed by atoms with Gasteiger partial charge in [-0.2, -0.15) is 0 Å². The summed E-state index contributed by atoms with van der Waals surface area (Å²) in [5.41, 5.74) is 1.30. The van der Waals surface area contributed by atoms with Gasteiger partial charge in [-0.25, -0.2) is 17.5 Å². The Kier molecular flexibility index (Phi) is 4.75. The van der Waals surface area contributed by atoms with Gasteiger partial charge < -0.3 is 0 Å². The Morgan fingerprint density at radius 1 is 1.14 bits per heavy atom. The minimum Gasteiger partial charge on any atom is -0.207 e. The molecule has 0 aromatic heterocycles. The van der Waals surface area contributed by atoms with Crippen molar-refractivity contribution in [1.29, 1.82) is 0 Å². The second-order valence-corrected chi connectivity index (χ2v) is 6.59. The van der Waals surface area contributed by atoms with Crippen molar-refractivity contribution < 1.29 is 12.8 Å². The molecule has 0 aliphatic carbocycles. The third-order valence-electron chi connectivity index (χ3n) is 3.33. The van der Waals surface area contributed by atoms with Crippen LogP contribution >= 0.6 is 0 Å². The summed E-state index contributed by atoms with van der Waals surface area (Å²) < 4.78 is 40.7. The Morgan fingerprint density at radius 3 is 2.38 bits per heavy atom. The van der Waals surface area contributed by atoms with Crippen molar-refractivity contribution in [2.75, 3.05) is 0 Å². The van der Waals surface area contributed by atoms with Gasteiger partial charge in [0.1, 0.15) is 5.82 Å². The van der Waals surface area contributed by atoms with Gasteiger partial charge in [0.25, 0.3) is 0 Å². The largest absolute Gasteiger partial charge is 0.241 e. The van der Waals surface area contributed by atoms with E-state index in [0.29, 0.717) is 12.0 Å². The number of hydrogen-bond acceptors (Lipinski definition) is 2. The normalized spacial score (nSPS) is 13.1. The van der Waals surface area contributed by atoms with Gasteiger partial charge in [0.05, 0.1) is 4.90 Å². The van der Waals surface area contributed by atoms with Crippen molar-refractivity contribution in [2.24, 2.45) is 0 Å². The van der Waals surface area contributed by atoms with Crippen LogP contribution in [0.2, 0.25) is 0 Å². The molecule has 112 valence electrons. The third kappa shape index (κ3) is 3.68. The molecule has 1 atom stereocenters. The fourth-order valence-corrected chi connectivity index (χ4v) is 3.77. The lowest BCUT2D eigenvalue weighted by atomic mass is 10.1. The highest BCUT2D eigenvalue weighted by atomic mass is 32.2. The molecule has 0 radical (unpaired) electrons. The smallest absolute Gasteiger partial charge is 0.207 e. The van der Waals surface area contributed by atoms with E-state index in [4.69, 9.17) is 0 Å². The Bertz CT molecular complexity index is 714. The number of nitrogens with one attached hydrogen (secondary N) is 1. The van der Waals surface area contributed by atoms with Crippen LogP contribution in [0, 0.1) is 12.7 Å². The molecule has 3 nitrogen and oxygen atoms in total. The number of aryl methyl sites for hydroxylation is 1. The van der Waals surface area contributed by atoms with Gasteiger partial charge in [0, 0.05) is 6.04 Å². The van der Waals surface area contributed by atoms with E-state index in [1.54, 1.807) is 6.92 Å². The average Bonchev–Trinajstić information content (AvgIpc) is 2.45. The van der Waals surface area contributed by atoms with Crippen molar-refractivity contribution in [2.45, 2.75) is 31.2 Å². The molecule has 2 aromatic carbocycles. The Balaban J connectivity index is 2.32. The molecule has 0 fully saturated rings. The molecule has 21 heavy (non-hydrogen) atoms. The summed E-state index contributed by atoms with van der Waals surface area (Å²) in [5, 5.41) is 0. The van der Waals surface area contributed by atoms with Crippen LogP contribution in [-0.2, 0) is 10.0 Å². The van der Waals surface area contributed by atoms with Crippen LogP contribution in [0.25, 0.3) is 0 Å². The average molecular weight is 307 g/mol. The summed E-state index contributed by atoms with van der Waals surface area (Å²) in [6, 6.07) is 12.8. The molecule has 5 heteroatoms. The van der Waals surface area contributed by atoms with Gasteiger partial charge >= 0.3 is 0 Å². The highest BCUT2D eigenvalue weighted by molar-refractivity contribution is 7.89. The monoisotopic (exact) mass is 307 g/mol. The van der Waals surface area contributed by atoms with E-state index in [2.05, 4.69) is 4.72 Å². The lowest BCUT2D eigenvalue weighted by Crippen LogP contribution is -2.28. The van der Waals surface area contributed by atoms with Crippen LogP contribution in [0.5, 0.6) is 0 Å². The molecule has 0 aliphatic rings. The van der Waals surface area contributed by atoms with Crippen molar-refractivity contribution in [3.8, 4) is 0 Å². The second kappa shape index (κ2) is 6.37. The molecule has 0 bridgehead atoms. The molecular weight excluding hydrogens is 289 g/mol. The summed E-state index contributed by atoms with van der Waals surface area (Å²) in [6.07, 6.45) is 0.628. The van der Waals surface area contributed by atoms with E-state index in [-0.39, 0.29) is 10.9 Å². The van der Waals surface area contributed by atoms with E-state index < -0.39 is 15.8 Å². The molecule has 2 rings (SSSR count). The molecule has 0 heterocycles. The molecular formula is C16H18FNO2S. The van der Waals surface area contributed by atoms with Crippen LogP contribution in [0.1, 0.15) is 30.5 Å². The molecule has 2 aromatic rings. The maximum Gasteiger partial charge on any atom is 0.241 e. The first-order chi connectivity index (χ1) is 9.94. The quantitative estimate of drug-likeness (QED) is 0.918. The second-order valence-electron chi connectivity index (χ2n) is 4.90. The molecule has 1 N–H and O–H groups in total. The number of rotatable bonds is 5. The van der Waals surface area contributed by atoms with Gasteiger partial charge in [-0.1, -0.05) is 37.3 Å². The predicted molar refractivity (Wildman–Crippen MR) is 80.9 cm³/mol. The lowest BCUT2D eigenvalue weighted by Gasteiger charge is -2.18. The summed E-state index contributed by atoms with van der Waals surface area (Å²) >= 11 is 0. The zero-order valence-corrected chi connectivity index (χ0v) is 12.8. The molecule has 0 aliphatic heterocycles. The molecule has 0 unspecified atom stereocenters. The zero-order chi connectivity index (χ0) is 15.5. The third-order valence-corrected chi connectivity index (χ3v) is 4.97. The summed E-state index contributed by atoms with van der Waals surface area (Å²) in [5.74, 6) is -0.443. The van der Waals surface area contributed by atoms with Crippen molar-refractivity contribution in [1.82, 2.24) is 4.72 Å². The van der Waals surface area contributed by atoms with Crippen LogP contribution in [0.15, 0.2) is 53.4 Å². The molecule has 0 spiro atoms. The number of benzene rings is 2. The van der Waals surface area contributed by atoms with Crippen LogP contribution in [-0.4, -0.2) is 8.42 Å². The first kappa shape index (κ1) is 15.7. The fourth-order valence-electron chi connectivity index (χ4n) is 2.24. The fraction of sp³-hybridized carbons (Fsp3) is 0.250. The molecule has 0 saturated heterocycles. The Morgan fingerprint density at radius 2 is 1.81 bits per heavy atom. The summed E-state index contributed by atoms with van der Waals surface area (Å²) in [6.45, 7) is 3.50. The number of sulfonamides is 1. The van der Waals surface area contributed by atoms with Crippen LogP contribution < -0.4 is 4.72 Å². The van der Waals surface area contributed by atoms with Crippen molar-refractivity contribution in [3.63, 3.8) is 0 Å². The highest BCUT2D eigenvalue weighted by Gasteiger charge is 2.22. The standard InChI is InChI=1S/C16H18FNO2S/c1-3-15(13-7-5-4-6-8-13)18-21(19,20)16-10-9-14(17)11-12(16)2/h4-11,15,18H,3H2,1-2H3/t15-/m0/s1. The lowest BCUT2D eigenvalue weighted by molar-refractivity contribution is 0.549. The minimum atomic E-state index is -3.68. The predicted octanol–water partition coefficient (Wildman–Crippen LogP) is 3.56. The van der Waals surface area contributed by atoms with Crippen LogP contribution in [0.4, 0.5) is 4.39 Å². The van der Waals surface area contributed by atoms with Gasteiger partial charge in [0.15, 0.2) is 0 Å². The SMILES string of the molecule is CC[C@H](NS(=O)(=O)c1ccc(F)cc1C)c1ccccc1. The van der Waals surface area contributed by atoms with E-state index in [1.165, 1.54) is 12.1 Å². The summed E-state index contributed by atoms with van der Waals surface area (Å²) in [7, 11) is -3.68. The molecule has 0 saturated carbocycles. The van der Waals surface area contributed by atoms with Gasteiger partial charge in [-0.15, -0.1) is 0 Å². The van der Waals surface area contributed by atoms with Gasteiger partial charge in [0.2, 0.25) is 10.0 Å². The summed E-state index contributed by atoms with van der Waals surface area (Å²) in [4.78, 5) is 0.110. The van der Waals surface area contributed by atoms with Gasteiger partial charge in [-0.3, -0.25) is 0 Å². The topological polar surface area (TPSA) is 46.2 Å². The van der Waals surface area contributed by atoms with Crippen molar-refractivity contribution in [3.05, 3.63) is 65.5 Å². The van der Waals surface area contributed by atoms with Gasteiger partial charge in [-0.05, 0) is 42.7 Å².